The molecule has 0 aliphatic heterocycles. The van der Waals surface area contributed by atoms with Gasteiger partial charge in [0.05, 0.1) is 0 Å². The molecular weight excluding hydrogens is 239 g/mol. The summed E-state index contributed by atoms with van der Waals surface area (Å²) in [6.07, 6.45) is 2.58. The molecule has 0 bridgehead atoms. The Morgan fingerprint density at radius 2 is 1.85 bits per heavy atom. The van der Waals surface area contributed by atoms with Crippen LogP contribution in [0.25, 0.3) is 0 Å². The molecule has 0 fully saturated rings. The monoisotopic (exact) mass is 260 g/mol. The molecule has 0 amide bonds. The molecule has 0 saturated heterocycles. The summed E-state index contributed by atoms with van der Waals surface area (Å²) in [7, 11) is 0. The third-order valence-electron chi connectivity index (χ3n) is 2.32. The number of hydrogen-bond donors (Lipinski definition) is 1. The fraction of sp³-hybridized carbons (Fsp3) is 0.900. The van der Waals surface area contributed by atoms with Crippen LogP contribution in [0.15, 0.2) is 4.99 Å². The van der Waals surface area contributed by atoms with Crippen molar-refractivity contribution in [2.45, 2.75) is 52.6 Å². The molecule has 1 N–H and O–H groups in total. The van der Waals surface area contributed by atoms with Crippen LogP contribution in [0.4, 0.5) is 0 Å². The average Bonchev–Trinajstić information content (AvgIpc) is 2.05. The molecule has 0 aromatic heterocycles. The van der Waals surface area contributed by atoms with E-state index in [1.165, 1.54) is 0 Å². The van der Waals surface area contributed by atoms with Crippen LogP contribution >= 0.6 is 0 Å². The molecule has 1 radical (unpaired) electrons. The van der Waals surface area contributed by atoms with E-state index in [0.717, 1.165) is 31.5 Å². The second kappa shape index (κ2) is 8.08. The zero-order valence-corrected chi connectivity index (χ0v) is 12.1. The molecule has 0 aromatic carbocycles. The Morgan fingerprint density at radius 1 is 1.31 bits per heavy atom. The van der Waals surface area contributed by atoms with Gasteiger partial charge in [-0.15, -0.1) is 0 Å². The molecule has 0 heterocycles. The van der Waals surface area contributed by atoms with Crippen LogP contribution in [0.2, 0.25) is 0 Å². The minimum absolute atomic E-state index is 0. The van der Waals surface area contributed by atoms with Crippen molar-refractivity contribution in [3.8, 4) is 0 Å². The number of aliphatic hydroxyl groups is 1. The predicted molar refractivity (Wildman–Crippen MR) is 53.8 cm³/mol. The van der Waals surface area contributed by atoms with E-state index < -0.39 is 5.60 Å². The number of aliphatic imine (C=N–C) groups is 1. The molecule has 0 rings (SSSR count). The molecule has 0 spiro atoms. The Morgan fingerprint density at radius 3 is 2.15 bits per heavy atom. The second-order valence-electron chi connectivity index (χ2n) is 3.19. The summed E-state index contributed by atoms with van der Waals surface area (Å²) >= 11 is 0. The van der Waals surface area contributed by atoms with Gasteiger partial charge in [0.2, 0.25) is 0 Å². The largest absolute Gasteiger partial charge is 0.384 e. The SMILES string of the molecule is CCCC(O)(CC)C(C)=NCC.[Y]. The van der Waals surface area contributed by atoms with Gasteiger partial charge in [0, 0.05) is 45.0 Å². The van der Waals surface area contributed by atoms with E-state index in [4.69, 9.17) is 0 Å². The van der Waals surface area contributed by atoms with E-state index in [0.29, 0.717) is 0 Å². The Labute approximate surface area is 107 Å². The first kappa shape index (κ1) is 16.2. The molecule has 3 heteroatoms. The minimum Gasteiger partial charge on any atom is -0.384 e. The van der Waals surface area contributed by atoms with Crippen LogP contribution in [0, 0.1) is 0 Å². The van der Waals surface area contributed by atoms with Crippen LogP contribution < -0.4 is 0 Å². The summed E-state index contributed by atoms with van der Waals surface area (Å²) in [4.78, 5) is 4.25. The van der Waals surface area contributed by atoms with Gasteiger partial charge in [0.25, 0.3) is 0 Å². The molecule has 2 nitrogen and oxygen atoms in total. The number of rotatable bonds is 5. The molecule has 13 heavy (non-hydrogen) atoms. The van der Waals surface area contributed by atoms with Crippen LogP contribution in [-0.4, -0.2) is 23.0 Å². The Balaban J connectivity index is 0. The summed E-state index contributed by atoms with van der Waals surface area (Å²) in [5, 5.41) is 10.1. The quantitative estimate of drug-likeness (QED) is 0.756. The van der Waals surface area contributed by atoms with Crippen molar-refractivity contribution in [3.05, 3.63) is 0 Å². The fourth-order valence-corrected chi connectivity index (χ4v) is 1.41. The molecule has 0 aliphatic carbocycles. The maximum Gasteiger partial charge on any atom is 0.102 e. The molecule has 1 unspecified atom stereocenters. The van der Waals surface area contributed by atoms with Gasteiger partial charge in [0.1, 0.15) is 5.60 Å². The minimum atomic E-state index is -0.648. The van der Waals surface area contributed by atoms with E-state index in [2.05, 4.69) is 11.9 Å². The van der Waals surface area contributed by atoms with Gasteiger partial charge in [-0.25, -0.2) is 0 Å². The van der Waals surface area contributed by atoms with Crippen molar-refractivity contribution in [2.75, 3.05) is 6.54 Å². The first-order chi connectivity index (χ1) is 5.60. The molecule has 75 valence electrons. The smallest absolute Gasteiger partial charge is 0.102 e. The molecule has 0 aromatic rings. The van der Waals surface area contributed by atoms with Crippen molar-refractivity contribution in [2.24, 2.45) is 4.99 Å². The second-order valence-corrected chi connectivity index (χ2v) is 3.19. The zero-order chi connectivity index (χ0) is 9.61. The summed E-state index contributed by atoms with van der Waals surface area (Å²) in [5.41, 5.74) is 0.236. The standard InChI is InChI=1S/C10H21NO.Y/c1-5-8-10(12,6-2)9(4)11-7-3;/h12H,5-8H2,1-4H3;. The molecular formula is C10H21NOY. The first-order valence-electron chi connectivity index (χ1n) is 4.84. The third kappa shape index (κ3) is 5.24. The average molecular weight is 260 g/mol. The van der Waals surface area contributed by atoms with E-state index in [-0.39, 0.29) is 32.7 Å². The number of hydrogen-bond acceptors (Lipinski definition) is 2. The Bertz CT molecular complexity index is 159. The topological polar surface area (TPSA) is 32.6 Å². The van der Waals surface area contributed by atoms with Crippen molar-refractivity contribution in [1.29, 1.82) is 0 Å². The van der Waals surface area contributed by atoms with Crippen molar-refractivity contribution < 1.29 is 37.8 Å². The molecule has 1 atom stereocenters. The van der Waals surface area contributed by atoms with Crippen LogP contribution in [0.1, 0.15) is 47.0 Å². The van der Waals surface area contributed by atoms with Gasteiger partial charge >= 0.3 is 0 Å². The van der Waals surface area contributed by atoms with Gasteiger partial charge in [-0.2, -0.15) is 0 Å². The van der Waals surface area contributed by atoms with Gasteiger partial charge in [-0.1, -0.05) is 20.3 Å². The fourth-order valence-electron chi connectivity index (χ4n) is 1.41. The van der Waals surface area contributed by atoms with Crippen molar-refractivity contribution in [3.63, 3.8) is 0 Å². The maximum absolute atomic E-state index is 10.1. The van der Waals surface area contributed by atoms with Crippen LogP contribution in [-0.2, 0) is 32.7 Å². The van der Waals surface area contributed by atoms with Gasteiger partial charge in [0.15, 0.2) is 0 Å². The van der Waals surface area contributed by atoms with E-state index in [1.807, 2.05) is 20.8 Å². The Kier molecular flexibility index (Phi) is 10.0. The summed E-state index contributed by atoms with van der Waals surface area (Å²) in [5.74, 6) is 0. The Hall–Kier alpha value is 0.734. The summed E-state index contributed by atoms with van der Waals surface area (Å²) < 4.78 is 0. The van der Waals surface area contributed by atoms with Gasteiger partial charge < -0.3 is 5.11 Å². The van der Waals surface area contributed by atoms with Crippen LogP contribution in [0.5, 0.6) is 0 Å². The van der Waals surface area contributed by atoms with E-state index >= 15 is 0 Å². The first-order valence-corrected chi connectivity index (χ1v) is 4.84. The predicted octanol–water partition coefficient (Wildman–Crippen LogP) is 2.41. The van der Waals surface area contributed by atoms with E-state index in [9.17, 15) is 5.11 Å². The van der Waals surface area contributed by atoms with Gasteiger partial charge in [-0.05, 0) is 26.7 Å². The zero-order valence-electron chi connectivity index (χ0n) is 9.30. The van der Waals surface area contributed by atoms with E-state index in [1.54, 1.807) is 0 Å². The van der Waals surface area contributed by atoms with Gasteiger partial charge in [-0.3, -0.25) is 4.99 Å². The van der Waals surface area contributed by atoms with Crippen molar-refractivity contribution >= 4 is 5.71 Å². The third-order valence-corrected chi connectivity index (χ3v) is 2.32. The molecule has 0 aliphatic rings. The number of nitrogens with zero attached hydrogens (tertiary/aromatic N) is 1. The normalized spacial score (nSPS) is 16.2. The summed E-state index contributed by atoms with van der Waals surface area (Å²) in [6.45, 7) is 8.76. The maximum atomic E-state index is 10.1. The van der Waals surface area contributed by atoms with Crippen molar-refractivity contribution in [1.82, 2.24) is 0 Å². The summed E-state index contributed by atoms with van der Waals surface area (Å²) in [6, 6.07) is 0. The van der Waals surface area contributed by atoms with Crippen LogP contribution in [0.3, 0.4) is 0 Å². The molecule has 0 saturated carbocycles.